The molecule has 0 aliphatic carbocycles. The van der Waals surface area contributed by atoms with Crippen LogP contribution in [-0.2, 0) is 4.79 Å². The van der Waals surface area contributed by atoms with E-state index in [4.69, 9.17) is 10.5 Å². The zero-order chi connectivity index (χ0) is 30.9. The summed E-state index contributed by atoms with van der Waals surface area (Å²) in [6.45, 7) is 4.08. The van der Waals surface area contributed by atoms with Gasteiger partial charge in [-0.05, 0) is 68.1 Å². The predicted molar refractivity (Wildman–Crippen MR) is 156 cm³/mol. The Kier molecular flexibility index (Phi) is 6.20. The van der Waals surface area contributed by atoms with Crippen molar-refractivity contribution < 1.29 is 27.9 Å². The molecule has 0 radical (unpaired) electrons. The van der Waals surface area contributed by atoms with Gasteiger partial charge in [0.2, 0.25) is 17.4 Å². The summed E-state index contributed by atoms with van der Waals surface area (Å²) < 4.78 is 34.7. The molecule has 222 valence electrons. The van der Waals surface area contributed by atoms with Crippen LogP contribution in [0.1, 0.15) is 40.0 Å². The van der Waals surface area contributed by atoms with Gasteiger partial charge in [-0.15, -0.1) is 0 Å². The van der Waals surface area contributed by atoms with Crippen LogP contribution in [0.4, 0.5) is 25.1 Å². The Bertz CT molecular complexity index is 1990. The van der Waals surface area contributed by atoms with E-state index < -0.39 is 29.2 Å². The summed E-state index contributed by atoms with van der Waals surface area (Å²) in [4.78, 5) is 49.6. The van der Waals surface area contributed by atoms with Crippen LogP contribution >= 0.6 is 0 Å². The zero-order valence-corrected chi connectivity index (χ0v) is 23.6. The van der Waals surface area contributed by atoms with Crippen LogP contribution in [0.2, 0.25) is 0 Å². The summed E-state index contributed by atoms with van der Waals surface area (Å²) in [7, 11) is 0. The molecule has 3 N–H and O–H groups in total. The molecular weight excluding hydrogens is 572 g/mol. The number of imide groups is 1. The van der Waals surface area contributed by atoms with E-state index in [9.17, 15) is 23.2 Å². The SMILES string of the molecule is Cc1cc2cc(C(=O)c3cnn(-c4cnc(Oc5c(F)cccc5F)cc4C)c3N)[nH]c2cc1N1C(=O)[C@@H]2CCCN2C1=O. The first-order valence-corrected chi connectivity index (χ1v) is 13.9. The lowest BCUT2D eigenvalue weighted by Gasteiger charge is -2.17. The van der Waals surface area contributed by atoms with Crippen molar-refractivity contribution in [2.24, 2.45) is 0 Å². The number of ketones is 1. The van der Waals surface area contributed by atoms with E-state index >= 15 is 0 Å². The second kappa shape index (κ2) is 10.0. The van der Waals surface area contributed by atoms with Crippen molar-refractivity contribution in [3.63, 3.8) is 0 Å². The summed E-state index contributed by atoms with van der Waals surface area (Å²) in [6, 6.07) is 9.31. The smallest absolute Gasteiger partial charge is 0.332 e. The highest BCUT2D eigenvalue weighted by Crippen LogP contribution is 2.36. The molecular formula is C31H25F2N7O4. The predicted octanol–water partition coefficient (Wildman–Crippen LogP) is 5.18. The van der Waals surface area contributed by atoms with Gasteiger partial charge in [-0.25, -0.2) is 28.1 Å². The number of benzene rings is 2. The maximum atomic E-state index is 14.0. The van der Waals surface area contributed by atoms with Crippen molar-refractivity contribution in [3.05, 3.63) is 88.9 Å². The van der Waals surface area contributed by atoms with Crippen LogP contribution in [0.15, 0.2) is 54.9 Å². The molecule has 3 aromatic heterocycles. The third-order valence-electron chi connectivity index (χ3n) is 8.08. The molecule has 2 aromatic carbocycles. The van der Waals surface area contributed by atoms with Crippen molar-refractivity contribution in [1.29, 1.82) is 0 Å². The third-order valence-corrected chi connectivity index (χ3v) is 8.08. The number of hydrogen-bond donors (Lipinski definition) is 2. The number of aryl methyl sites for hydroxylation is 2. The lowest BCUT2D eigenvalue weighted by atomic mass is 10.1. The maximum absolute atomic E-state index is 14.0. The van der Waals surface area contributed by atoms with Crippen LogP contribution in [0.3, 0.4) is 0 Å². The van der Waals surface area contributed by atoms with Crippen LogP contribution in [0.25, 0.3) is 16.6 Å². The molecule has 0 unspecified atom stereocenters. The van der Waals surface area contributed by atoms with Crippen molar-refractivity contribution in [2.75, 3.05) is 17.2 Å². The number of nitrogens with zero attached hydrogens (tertiary/aromatic N) is 5. The summed E-state index contributed by atoms with van der Waals surface area (Å²) in [5.74, 6) is -2.94. The fraction of sp³-hybridized carbons (Fsp3) is 0.194. The third kappa shape index (κ3) is 4.19. The van der Waals surface area contributed by atoms with Crippen molar-refractivity contribution >= 4 is 40.1 Å². The van der Waals surface area contributed by atoms with Crippen molar-refractivity contribution in [1.82, 2.24) is 24.6 Å². The number of ether oxygens (including phenoxy) is 1. The second-order valence-electron chi connectivity index (χ2n) is 10.9. The van der Waals surface area contributed by atoms with Gasteiger partial charge in [0.15, 0.2) is 11.6 Å². The molecule has 3 amide bonds. The van der Waals surface area contributed by atoms with E-state index in [0.29, 0.717) is 35.4 Å². The average Bonchev–Trinajstić information content (AvgIpc) is 3.76. The van der Waals surface area contributed by atoms with Gasteiger partial charge in [0.05, 0.1) is 35.0 Å². The number of amides is 3. The number of carbonyl (C=O) groups excluding carboxylic acids is 3. The van der Waals surface area contributed by atoms with E-state index in [-0.39, 0.29) is 34.9 Å². The number of fused-ring (bicyclic) bond motifs is 2. The largest absolute Gasteiger partial charge is 0.433 e. The van der Waals surface area contributed by atoms with Crippen LogP contribution in [0, 0.1) is 25.5 Å². The fourth-order valence-corrected chi connectivity index (χ4v) is 5.85. The highest BCUT2D eigenvalue weighted by atomic mass is 19.1. The molecule has 13 heteroatoms. The standard InChI is InChI=1S/C31H25F2N7O4/c1-15-9-17-11-22(37-21(17)12-24(15)39-30(42)23-7-4-8-38(23)31(39)43)27(41)18-13-36-40(29(18)34)25-14-35-26(10-16(25)2)44-28-19(32)5-3-6-20(28)33/h3,5-6,9-14,23,37H,4,7-8,34H2,1-2H3/t23-/m0/s1. The first kappa shape index (κ1) is 27.3. The molecule has 5 aromatic rings. The van der Waals surface area contributed by atoms with Crippen molar-refractivity contribution in [3.8, 4) is 17.3 Å². The van der Waals surface area contributed by atoms with Gasteiger partial charge in [-0.3, -0.25) is 9.59 Å². The average molecular weight is 598 g/mol. The Labute approximate surface area is 248 Å². The van der Waals surface area contributed by atoms with Gasteiger partial charge < -0.3 is 20.4 Å². The van der Waals surface area contributed by atoms with Gasteiger partial charge in [0, 0.05) is 23.5 Å². The Balaban J connectivity index is 1.16. The molecule has 2 saturated heterocycles. The molecule has 0 spiro atoms. The van der Waals surface area contributed by atoms with E-state index in [1.54, 1.807) is 24.0 Å². The number of nitrogens with two attached hydrogens (primary N) is 1. The first-order chi connectivity index (χ1) is 21.1. The topological polar surface area (TPSA) is 139 Å². The number of pyridine rings is 1. The number of para-hydroxylation sites is 1. The number of aromatic nitrogens is 4. The summed E-state index contributed by atoms with van der Waals surface area (Å²) >= 11 is 0. The normalized spacial score (nSPS) is 16.3. The number of rotatable bonds is 6. The number of nitrogen functional groups attached to an aromatic ring is 1. The molecule has 11 nitrogen and oxygen atoms in total. The maximum Gasteiger partial charge on any atom is 0.332 e. The Morgan fingerprint density at radius 1 is 1.05 bits per heavy atom. The molecule has 2 aliphatic heterocycles. The highest BCUT2D eigenvalue weighted by molar-refractivity contribution is 6.22. The molecule has 0 bridgehead atoms. The number of halogens is 2. The van der Waals surface area contributed by atoms with Gasteiger partial charge in [0.25, 0.3) is 5.91 Å². The summed E-state index contributed by atoms with van der Waals surface area (Å²) in [6.07, 6.45) is 4.18. The summed E-state index contributed by atoms with van der Waals surface area (Å²) in [5, 5.41) is 5.01. The fourth-order valence-electron chi connectivity index (χ4n) is 5.85. The molecule has 1 atom stereocenters. The van der Waals surface area contributed by atoms with Crippen molar-refractivity contribution in [2.45, 2.75) is 32.7 Å². The second-order valence-corrected chi connectivity index (χ2v) is 10.9. The summed E-state index contributed by atoms with van der Waals surface area (Å²) in [5.41, 5.74) is 9.52. The van der Waals surface area contributed by atoms with E-state index in [2.05, 4.69) is 15.1 Å². The van der Waals surface area contributed by atoms with Crippen LogP contribution in [-0.4, -0.2) is 55.0 Å². The number of hydrogen-bond acceptors (Lipinski definition) is 7. The highest BCUT2D eigenvalue weighted by Gasteiger charge is 2.48. The number of anilines is 2. The number of urea groups is 1. The molecule has 5 heterocycles. The van der Waals surface area contributed by atoms with Gasteiger partial charge in [-0.2, -0.15) is 5.10 Å². The minimum atomic E-state index is -0.866. The number of carbonyl (C=O) groups is 3. The number of nitrogens with one attached hydrogen (secondary N) is 1. The number of aromatic amines is 1. The monoisotopic (exact) mass is 597 g/mol. The zero-order valence-electron chi connectivity index (χ0n) is 23.6. The van der Waals surface area contributed by atoms with E-state index in [0.717, 1.165) is 29.5 Å². The molecule has 2 aliphatic rings. The minimum Gasteiger partial charge on any atom is -0.433 e. The Hall–Kier alpha value is -5.59. The Morgan fingerprint density at radius 2 is 1.80 bits per heavy atom. The lowest BCUT2D eigenvalue weighted by molar-refractivity contribution is -0.119. The van der Waals surface area contributed by atoms with Gasteiger partial charge >= 0.3 is 6.03 Å². The van der Waals surface area contributed by atoms with Crippen LogP contribution < -0.4 is 15.4 Å². The minimum absolute atomic E-state index is 0.0391. The first-order valence-electron chi connectivity index (χ1n) is 13.9. The van der Waals surface area contributed by atoms with Gasteiger partial charge in [0.1, 0.15) is 11.9 Å². The van der Waals surface area contributed by atoms with Gasteiger partial charge in [-0.1, -0.05) is 6.07 Å². The molecule has 2 fully saturated rings. The molecule has 0 saturated carbocycles. The van der Waals surface area contributed by atoms with E-state index in [1.807, 2.05) is 13.0 Å². The molecule has 44 heavy (non-hydrogen) atoms. The van der Waals surface area contributed by atoms with Crippen LogP contribution in [0.5, 0.6) is 11.6 Å². The lowest BCUT2D eigenvalue weighted by Crippen LogP contribution is -2.33. The Morgan fingerprint density at radius 3 is 2.52 bits per heavy atom. The number of H-pyrrole nitrogens is 1. The quantitative estimate of drug-likeness (QED) is 0.203. The molecule has 7 rings (SSSR count). The van der Waals surface area contributed by atoms with E-state index in [1.165, 1.54) is 34.1 Å².